The molecule has 2 heterocycles. The molecule has 2 aliphatic carbocycles. The van der Waals surface area contributed by atoms with Gasteiger partial charge in [-0.05, 0) is 74.6 Å². The Morgan fingerprint density at radius 3 is 2.24 bits per heavy atom. The second-order valence-corrected chi connectivity index (χ2v) is 13.2. The minimum atomic E-state index is -1.52. The molecule has 6 unspecified atom stereocenters. The minimum absolute atomic E-state index is 0.0492. The number of hydrogen-bond donors (Lipinski definition) is 1. The zero-order valence-electron chi connectivity index (χ0n) is 24.1. The number of phenols is 1. The lowest BCUT2D eigenvalue weighted by Gasteiger charge is -2.49. The number of phenolic OH excluding ortho intramolecular Hbond substituents is 1. The molecule has 0 aromatic heterocycles. The Bertz CT molecular complexity index is 1900. The Morgan fingerprint density at radius 2 is 1.53 bits per heavy atom. The van der Waals surface area contributed by atoms with Crippen LogP contribution in [0.2, 0.25) is 10.0 Å². The Hall–Kier alpha value is -4.08. The zero-order valence-corrected chi connectivity index (χ0v) is 25.6. The summed E-state index contributed by atoms with van der Waals surface area (Å²) >= 11 is 12.4. The number of amides is 4. The third-order valence-corrected chi connectivity index (χ3v) is 10.9. The number of anilines is 2. The van der Waals surface area contributed by atoms with E-state index in [2.05, 4.69) is 0 Å². The molecule has 3 fully saturated rings. The smallest absolute Gasteiger partial charge is 0.241 e. The van der Waals surface area contributed by atoms with Crippen LogP contribution in [-0.4, -0.2) is 28.7 Å². The van der Waals surface area contributed by atoms with Crippen molar-refractivity contribution in [2.45, 2.75) is 32.6 Å². The Kier molecular flexibility index (Phi) is 6.73. The van der Waals surface area contributed by atoms with Gasteiger partial charge in [0, 0.05) is 16.5 Å². The highest BCUT2D eigenvalue weighted by molar-refractivity contribution is 6.32. The summed E-state index contributed by atoms with van der Waals surface area (Å²) in [6.07, 6.45) is 2.02. The molecule has 0 bridgehead atoms. The first-order valence-corrected chi connectivity index (χ1v) is 15.3. The van der Waals surface area contributed by atoms with E-state index in [1.807, 2.05) is 0 Å². The average molecular weight is 651 g/mol. The van der Waals surface area contributed by atoms with Gasteiger partial charge >= 0.3 is 0 Å². The van der Waals surface area contributed by atoms with Gasteiger partial charge in [-0.2, -0.15) is 0 Å². The molecule has 45 heavy (non-hydrogen) atoms. The number of fused-ring (bicyclic) bond motifs is 4. The number of allylic oxidation sites excluding steroid dienone is 2. The van der Waals surface area contributed by atoms with E-state index in [1.54, 1.807) is 38.1 Å². The molecule has 7 nitrogen and oxygen atoms in total. The van der Waals surface area contributed by atoms with Gasteiger partial charge in [0.25, 0.3) is 0 Å². The van der Waals surface area contributed by atoms with Gasteiger partial charge in [0.2, 0.25) is 23.6 Å². The number of aryl methyl sites for hydroxylation is 1. The molecule has 230 valence electrons. The van der Waals surface area contributed by atoms with Gasteiger partial charge in [0.15, 0.2) is 11.6 Å². The summed E-state index contributed by atoms with van der Waals surface area (Å²) in [5.74, 6) is -8.66. The quantitative estimate of drug-likeness (QED) is 0.251. The summed E-state index contributed by atoms with van der Waals surface area (Å²) in [7, 11) is 0. The van der Waals surface area contributed by atoms with Crippen LogP contribution in [-0.2, 0) is 19.2 Å². The maximum atomic E-state index is 14.9. The van der Waals surface area contributed by atoms with Crippen molar-refractivity contribution < 1.29 is 33.1 Å². The van der Waals surface area contributed by atoms with Gasteiger partial charge in [-0.3, -0.25) is 19.2 Å². The third kappa shape index (κ3) is 4.06. The molecule has 0 spiro atoms. The number of hydrogen-bond acceptors (Lipinski definition) is 5. The molecule has 1 saturated carbocycles. The number of halogens is 4. The van der Waals surface area contributed by atoms with Gasteiger partial charge < -0.3 is 5.11 Å². The van der Waals surface area contributed by atoms with Crippen molar-refractivity contribution in [3.8, 4) is 5.75 Å². The molecular weight excluding hydrogens is 625 g/mol. The van der Waals surface area contributed by atoms with Crippen LogP contribution in [0.15, 0.2) is 66.2 Å². The second-order valence-electron chi connectivity index (χ2n) is 12.4. The lowest BCUT2D eigenvalue weighted by Crippen LogP contribution is -2.49. The SMILES string of the molecule is Cc1ccc(N2C(=O)C3CC=C4C(CC5C(=O)N(c6ccc(F)c(Cl)c6)C(=O)C5(C)C4c4cccc(F)c4O)C3C2=O)cc1Cl. The number of carbonyl (C=O) groups is 4. The van der Waals surface area contributed by atoms with Crippen molar-refractivity contribution >= 4 is 58.2 Å². The van der Waals surface area contributed by atoms with E-state index in [-0.39, 0.29) is 29.1 Å². The predicted octanol–water partition coefficient (Wildman–Crippen LogP) is 6.72. The number of rotatable bonds is 3. The molecule has 6 atom stereocenters. The predicted molar refractivity (Wildman–Crippen MR) is 163 cm³/mol. The van der Waals surface area contributed by atoms with Crippen LogP contribution in [0.4, 0.5) is 20.2 Å². The van der Waals surface area contributed by atoms with E-state index in [0.717, 1.165) is 27.5 Å². The van der Waals surface area contributed by atoms with Crippen LogP contribution < -0.4 is 9.80 Å². The zero-order chi connectivity index (χ0) is 32.1. The van der Waals surface area contributed by atoms with E-state index in [4.69, 9.17) is 23.2 Å². The van der Waals surface area contributed by atoms with Crippen LogP contribution in [0.3, 0.4) is 0 Å². The van der Waals surface area contributed by atoms with Crippen molar-refractivity contribution in [1.82, 2.24) is 0 Å². The van der Waals surface area contributed by atoms with Crippen molar-refractivity contribution in [2.24, 2.45) is 29.1 Å². The lowest BCUT2D eigenvalue weighted by atomic mass is 9.51. The van der Waals surface area contributed by atoms with Crippen molar-refractivity contribution in [3.63, 3.8) is 0 Å². The molecule has 11 heteroatoms. The topological polar surface area (TPSA) is 95.0 Å². The first-order valence-electron chi connectivity index (χ1n) is 14.5. The van der Waals surface area contributed by atoms with Crippen molar-refractivity contribution in [3.05, 3.63) is 99.1 Å². The minimum Gasteiger partial charge on any atom is -0.505 e. The van der Waals surface area contributed by atoms with Crippen LogP contribution >= 0.6 is 23.2 Å². The maximum absolute atomic E-state index is 14.9. The largest absolute Gasteiger partial charge is 0.505 e. The Balaban J connectivity index is 1.38. The highest BCUT2D eigenvalue weighted by Gasteiger charge is 2.68. The number of benzene rings is 3. The molecule has 1 N–H and O–H groups in total. The molecule has 4 aliphatic rings. The highest BCUT2D eigenvalue weighted by atomic mass is 35.5. The fourth-order valence-corrected chi connectivity index (χ4v) is 8.32. The van der Waals surface area contributed by atoms with Gasteiger partial charge in [-0.15, -0.1) is 0 Å². The standard InChI is InChI=1S/C34H26Cl2F2N2O5/c1-15-6-7-16(12-23(15)35)39-30(42)19-10-9-18-21(27(19)32(39)44)14-22-31(43)40(17-8-11-25(37)24(36)13-17)33(45)34(22,2)28(18)20-4-3-5-26(38)29(20)41/h3-9,11-13,19,21-22,27-28,41H,10,14H2,1-2H3. The van der Waals surface area contributed by atoms with Crippen LogP contribution in [0.25, 0.3) is 0 Å². The number of carbonyl (C=O) groups excluding carboxylic acids is 4. The van der Waals surface area contributed by atoms with Gasteiger partial charge in [-0.25, -0.2) is 18.6 Å². The Morgan fingerprint density at radius 1 is 0.844 bits per heavy atom. The number of nitrogens with zero attached hydrogens (tertiary/aromatic N) is 2. The Labute approximate surface area is 267 Å². The molecule has 7 rings (SSSR count). The van der Waals surface area contributed by atoms with Crippen LogP contribution in [0, 0.1) is 47.6 Å². The fourth-order valence-electron chi connectivity index (χ4n) is 7.97. The number of para-hydroxylation sites is 1. The summed E-state index contributed by atoms with van der Waals surface area (Å²) in [6.45, 7) is 3.41. The molecule has 4 amide bonds. The van der Waals surface area contributed by atoms with Gasteiger partial charge in [-0.1, -0.05) is 53.1 Å². The number of aromatic hydroxyl groups is 1. The molecule has 2 saturated heterocycles. The lowest BCUT2D eigenvalue weighted by molar-refractivity contribution is -0.131. The first kappa shape index (κ1) is 29.6. The van der Waals surface area contributed by atoms with E-state index in [0.29, 0.717) is 16.3 Å². The normalized spacial score (nSPS) is 29.1. The molecule has 3 aromatic rings. The summed E-state index contributed by atoms with van der Waals surface area (Å²) in [5.41, 5.74) is 0.342. The van der Waals surface area contributed by atoms with E-state index >= 15 is 0 Å². The van der Waals surface area contributed by atoms with Crippen molar-refractivity contribution in [1.29, 1.82) is 0 Å². The fraction of sp³-hybridized carbons (Fsp3) is 0.294. The molecule has 3 aromatic carbocycles. The van der Waals surface area contributed by atoms with Gasteiger partial charge in [0.05, 0.1) is 39.6 Å². The number of imide groups is 2. The summed E-state index contributed by atoms with van der Waals surface area (Å²) in [6, 6.07) is 12.4. The molecular formula is C34H26Cl2F2N2O5. The van der Waals surface area contributed by atoms with Crippen LogP contribution in [0.5, 0.6) is 5.75 Å². The monoisotopic (exact) mass is 650 g/mol. The van der Waals surface area contributed by atoms with Gasteiger partial charge in [0.1, 0.15) is 5.82 Å². The molecule has 2 aliphatic heterocycles. The van der Waals surface area contributed by atoms with E-state index in [1.165, 1.54) is 24.3 Å². The maximum Gasteiger partial charge on any atom is 0.241 e. The average Bonchev–Trinajstić information content (AvgIpc) is 3.37. The summed E-state index contributed by atoms with van der Waals surface area (Å²) in [5, 5.41) is 11.1. The van der Waals surface area contributed by atoms with E-state index in [9.17, 15) is 33.1 Å². The van der Waals surface area contributed by atoms with E-state index < -0.39 is 76.0 Å². The third-order valence-electron chi connectivity index (χ3n) is 10.2. The second kappa shape index (κ2) is 10.2. The first-order chi connectivity index (χ1) is 21.4. The molecule has 0 radical (unpaired) electrons. The van der Waals surface area contributed by atoms with Crippen molar-refractivity contribution in [2.75, 3.05) is 9.80 Å². The highest BCUT2D eigenvalue weighted by Crippen LogP contribution is 2.64. The van der Waals surface area contributed by atoms with Crippen LogP contribution in [0.1, 0.15) is 36.8 Å². The summed E-state index contributed by atoms with van der Waals surface area (Å²) in [4.78, 5) is 58.6. The summed E-state index contributed by atoms with van der Waals surface area (Å²) < 4.78 is 28.9.